The van der Waals surface area contributed by atoms with Gasteiger partial charge in [-0.05, 0) is 59.7 Å². The molecule has 0 aliphatic carbocycles. The minimum Gasteiger partial charge on any atom is -0.448 e. The van der Waals surface area contributed by atoms with E-state index in [1.54, 1.807) is 35.5 Å². The second kappa shape index (κ2) is 7.43. The zero-order chi connectivity index (χ0) is 19.0. The first-order valence-electron chi connectivity index (χ1n) is 8.59. The number of carbonyl (C=O) groups is 1. The molecule has 3 aromatic rings. The van der Waals surface area contributed by atoms with Crippen LogP contribution >= 0.6 is 22.6 Å². The molecule has 4 rings (SSSR count). The Morgan fingerprint density at radius 1 is 1.44 bits per heavy atom. The van der Waals surface area contributed by atoms with Gasteiger partial charge >= 0.3 is 0 Å². The van der Waals surface area contributed by atoms with Crippen LogP contribution in [-0.4, -0.2) is 40.1 Å². The summed E-state index contributed by atoms with van der Waals surface area (Å²) in [5, 5.41) is 13.1. The van der Waals surface area contributed by atoms with E-state index in [0.29, 0.717) is 23.2 Å². The molecule has 1 fully saturated rings. The van der Waals surface area contributed by atoms with Gasteiger partial charge in [0.15, 0.2) is 0 Å². The quantitative estimate of drug-likeness (QED) is 0.553. The molecule has 8 heteroatoms. The van der Waals surface area contributed by atoms with Crippen LogP contribution < -0.4 is 5.32 Å². The second-order valence-corrected chi connectivity index (χ2v) is 7.65. The van der Waals surface area contributed by atoms with Gasteiger partial charge in [0, 0.05) is 22.5 Å². The van der Waals surface area contributed by atoms with Gasteiger partial charge in [-0.25, -0.2) is 4.39 Å². The Morgan fingerprint density at radius 3 is 3.07 bits per heavy atom. The second-order valence-electron chi connectivity index (χ2n) is 6.40. The number of carbonyl (C=O) groups excluding carboxylic acids is 1. The zero-order valence-electron chi connectivity index (χ0n) is 14.3. The smallest absolute Gasteiger partial charge is 0.292 e. The first-order chi connectivity index (χ1) is 13.1. The summed E-state index contributed by atoms with van der Waals surface area (Å²) in [5.74, 6) is -0.652. The highest BCUT2D eigenvalue weighted by Crippen LogP contribution is 2.35. The van der Waals surface area contributed by atoms with Crippen molar-refractivity contribution in [2.45, 2.75) is 18.9 Å². The number of hydrogen-bond donors (Lipinski definition) is 2. The van der Waals surface area contributed by atoms with Crippen molar-refractivity contribution < 1.29 is 18.7 Å². The van der Waals surface area contributed by atoms with E-state index in [1.807, 2.05) is 22.6 Å². The van der Waals surface area contributed by atoms with Gasteiger partial charge in [0.05, 0.1) is 23.7 Å². The Labute approximate surface area is 168 Å². The fraction of sp³-hybridized carbons (Fsp3) is 0.263. The van der Waals surface area contributed by atoms with E-state index in [1.165, 1.54) is 6.07 Å². The predicted molar refractivity (Wildman–Crippen MR) is 108 cm³/mol. The summed E-state index contributed by atoms with van der Waals surface area (Å²) >= 11 is 2.03. The lowest BCUT2D eigenvalue weighted by Crippen LogP contribution is -2.37. The molecule has 0 bridgehead atoms. The molecule has 0 saturated carbocycles. The molecule has 2 N–H and O–H groups in total. The molecule has 1 amide bonds. The Bertz CT molecular complexity index is 1010. The summed E-state index contributed by atoms with van der Waals surface area (Å²) in [4.78, 5) is 18.8. The molecule has 1 aliphatic heterocycles. The van der Waals surface area contributed by atoms with Crippen LogP contribution in [0, 0.1) is 9.39 Å². The molecule has 2 aromatic heterocycles. The van der Waals surface area contributed by atoms with Crippen molar-refractivity contribution in [3.63, 3.8) is 0 Å². The van der Waals surface area contributed by atoms with Gasteiger partial charge in [0.2, 0.25) is 5.76 Å². The summed E-state index contributed by atoms with van der Waals surface area (Å²) < 4.78 is 20.9. The number of halogens is 2. The number of nitrogens with zero attached hydrogens (tertiary/aromatic N) is 2. The average molecular weight is 481 g/mol. The number of rotatable bonds is 4. The number of benzene rings is 1. The van der Waals surface area contributed by atoms with Crippen molar-refractivity contribution in [1.29, 1.82) is 0 Å². The van der Waals surface area contributed by atoms with Gasteiger partial charge in [-0.2, -0.15) is 0 Å². The number of hydrogen-bond acceptors (Lipinski definition) is 5. The van der Waals surface area contributed by atoms with E-state index in [-0.39, 0.29) is 30.0 Å². The Kier molecular flexibility index (Phi) is 5.00. The number of aromatic nitrogens is 1. The van der Waals surface area contributed by atoms with Crippen LogP contribution in [0.4, 0.5) is 15.8 Å². The number of amides is 1. The molecule has 1 aromatic carbocycles. The highest BCUT2D eigenvalue weighted by molar-refractivity contribution is 14.1. The molecule has 0 radical (unpaired) electrons. The first kappa shape index (κ1) is 18.2. The first-order valence-corrected chi connectivity index (χ1v) is 9.66. The number of furan rings is 1. The van der Waals surface area contributed by atoms with Crippen LogP contribution in [-0.2, 0) is 0 Å². The van der Waals surface area contributed by atoms with E-state index in [2.05, 4.69) is 10.3 Å². The van der Waals surface area contributed by atoms with E-state index < -0.39 is 5.82 Å². The van der Waals surface area contributed by atoms with Crippen LogP contribution in [0.15, 0.2) is 41.1 Å². The number of aliphatic hydroxyl groups is 1. The van der Waals surface area contributed by atoms with Crippen LogP contribution in [0.1, 0.15) is 23.4 Å². The van der Waals surface area contributed by atoms with Gasteiger partial charge in [-0.3, -0.25) is 9.78 Å². The van der Waals surface area contributed by atoms with Gasteiger partial charge in [0.1, 0.15) is 17.1 Å². The number of likely N-dealkylation sites (tertiary alicyclic amines) is 1. The summed E-state index contributed by atoms with van der Waals surface area (Å²) in [6, 6.07) is 6.23. The normalized spacial score (nSPS) is 16.9. The lowest BCUT2D eigenvalue weighted by atomic mass is 10.2. The molecule has 1 aliphatic rings. The summed E-state index contributed by atoms with van der Waals surface area (Å²) in [5.41, 5.74) is 1.12. The molecule has 0 spiro atoms. The third-order valence-corrected chi connectivity index (χ3v) is 5.39. The van der Waals surface area contributed by atoms with Gasteiger partial charge < -0.3 is 19.7 Å². The number of nitrogens with one attached hydrogen (secondary N) is 1. The third-order valence-electron chi connectivity index (χ3n) is 4.72. The minimum atomic E-state index is -0.423. The molecule has 3 heterocycles. The van der Waals surface area contributed by atoms with E-state index in [9.17, 15) is 14.3 Å². The van der Waals surface area contributed by atoms with E-state index >= 15 is 0 Å². The fourth-order valence-corrected chi connectivity index (χ4v) is 3.82. The van der Waals surface area contributed by atoms with Crippen LogP contribution in [0.2, 0.25) is 0 Å². The highest BCUT2D eigenvalue weighted by atomic mass is 127. The number of anilines is 2. The van der Waals surface area contributed by atoms with Crippen molar-refractivity contribution in [1.82, 2.24) is 9.88 Å². The fourth-order valence-electron chi connectivity index (χ4n) is 3.37. The lowest BCUT2D eigenvalue weighted by Gasteiger charge is -2.22. The van der Waals surface area contributed by atoms with Crippen molar-refractivity contribution in [3.8, 4) is 0 Å². The maximum absolute atomic E-state index is 14.4. The zero-order valence-corrected chi connectivity index (χ0v) is 16.4. The monoisotopic (exact) mass is 481 g/mol. The SMILES string of the molecule is O=C(c1oc2ccncc2c1Nc1ccc(I)cc1F)N1CCC[C@H]1CO. The van der Waals surface area contributed by atoms with Crippen LogP contribution in [0.5, 0.6) is 0 Å². The Hall–Kier alpha value is -2.20. The summed E-state index contributed by atoms with van der Waals surface area (Å²) in [6.45, 7) is 0.457. The van der Waals surface area contributed by atoms with Gasteiger partial charge in [0.25, 0.3) is 5.91 Å². The van der Waals surface area contributed by atoms with Crippen molar-refractivity contribution in [2.24, 2.45) is 0 Å². The summed E-state index contributed by atoms with van der Waals surface area (Å²) in [7, 11) is 0. The minimum absolute atomic E-state index is 0.0938. The maximum Gasteiger partial charge on any atom is 0.292 e. The predicted octanol–water partition coefficient (Wildman–Crippen LogP) is 3.91. The molecular formula is C19H17FIN3O3. The lowest BCUT2D eigenvalue weighted by molar-refractivity contribution is 0.0650. The van der Waals surface area contributed by atoms with Gasteiger partial charge in [-0.15, -0.1) is 0 Å². The highest BCUT2D eigenvalue weighted by Gasteiger charge is 2.33. The van der Waals surface area contributed by atoms with Crippen LogP contribution in [0.25, 0.3) is 11.0 Å². The molecule has 1 saturated heterocycles. The molecule has 27 heavy (non-hydrogen) atoms. The van der Waals surface area contributed by atoms with E-state index in [4.69, 9.17) is 4.42 Å². The van der Waals surface area contributed by atoms with Crippen molar-refractivity contribution in [3.05, 3.63) is 51.8 Å². The average Bonchev–Trinajstić information content (AvgIpc) is 3.28. The third kappa shape index (κ3) is 3.39. The molecule has 1 atom stereocenters. The maximum atomic E-state index is 14.4. The van der Waals surface area contributed by atoms with Crippen molar-refractivity contribution in [2.75, 3.05) is 18.5 Å². The van der Waals surface area contributed by atoms with Crippen LogP contribution in [0.3, 0.4) is 0 Å². The molecule has 0 unspecified atom stereocenters. The Morgan fingerprint density at radius 2 is 2.30 bits per heavy atom. The van der Waals surface area contributed by atoms with Crippen molar-refractivity contribution >= 4 is 50.8 Å². The van der Waals surface area contributed by atoms with E-state index in [0.717, 1.165) is 16.4 Å². The largest absolute Gasteiger partial charge is 0.448 e. The number of fused-ring (bicyclic) bond motifs is 1. The topological polar surface area (TPSA) is 78.6 Å². The number of pyridine rings is 1. The molecule has 6 nitrogen and oxygen atoms in total. The van der Waals surface area contributed by atoms with Gasteiger partial charge in [-0.1, -0.05) is 0 Å². The Balaban J connectivity index is 1.78. The standard InChI is InChI=1S/C19H17FIN3O3/c20-14-8-11(21)3-4-15(14)23-17-13-9-22-6-5-16(13)27-18(17)19(26)24-7-1-2-12(24)10-25/h3-6,8-9,12,23,25H,1-2,7,10H2/t12-/m0/s1. The summed E-state index contributed by atoms with van der Waals surface area (Å²) in [6.07, 6.45) is 4.73. The molecule has 140 valence electrons. The number of aliphatic hydroxyl groups excluding tert-OH is 1. The molecular weight excluding hydrogens is 464 g/mol.